The van der Waals surface area contributed by atoms with Gasteiger partial charge in [0.25, 0.3) is 0 Å². The Morgan fingerprint density at radius 1 is 0.455 bits per heavy atom. The minimum Gasteiger partial charge on any atom is -0.208 e. The van der Waals surface area contributed by atoms with Crippen molar-refractivity contribution >= 4 is 33.1 Å². The molecule has 0 amide bonds. The van der Waals surface area contributed by atoms with E-state index in [-0.39, 0.29) is 5.28 Å². The molecule has 0 fully saturated rings. The first-order chi connectivity index (χ1) is 16.3. The van der Waals surface area contributed by atoms with E-state index in [2.05, 4.69) is 76.7 Å². The van der Waals surface area contributed by atoms with Gasteiger partial charge in [-0.05, 0) is 56.4 Å². The first kappa shape index (κ1) is 19.6. The van der Waals surface area contributed by atoms with Crippen LogP contribution in [-0.4, -0.2) is 15.0 Å². The topological polar surface area (TPSA) is 38.7 Å². The van der Waals surface area contributed by atoms with E-state index in [4.69, 9.17) is 16.6 Å². The van der Waals surface area contributed by atoms with E-state index in [0.29, 0.717) is 11.6 Å². The van der Waals surface area contributed by atoms with Crippen molar-refractivity contribution < 1.29 is 0 Å². The van der Waals surface area contributed by atoms with Gasteiger partial charge in [-0.3, -0.25) is 0 Å². The number of rotatable bonds is 3. The highest BCUT2D eigenvalue weighted by molar-refractivity contribution is 6.28. The van der Waals surface area contributed by atoms with E-state index in [1.807, 2.05) is 42.5 Å². The zero-order chi connectivity index (χ0) is 22.2. The lowest BCUT2D eigenvalue weighted by Gasteiger charge is -2.12. The maximum atomic E-state index is 6.35. The summed E-state index contributed by atoms with van der Waals surface area (Å²) in [5.41, 5.74) is 4.23. The van der Waals surface area contributed by atoms with E-state index >= 15 is 0 Å². The fourth-order valence-electron chi connectivity index (χ4n) is 4.28. The second-order valence-electron chi connectivity index (χ2n) is 7.89. The van der Waals surface area contributed by atoms with Crippen LogP contribution in [0.4, 0.5) is 0 Å². The summed E-state index contributed by atoms with van der Waals surface area (Å²) in [5, 5.41) is 4.74. The van der Waals surface area contributed by atoms with Crippen LogP contribution in [0.3, 0.4) is 0 Å². The molecule has 3 nitrogen and oxygen atoms in total. The summed E-state index contributed by atoms with van der Waals surface area (Å²) in [6, 6.07) is 37.4. The van der Waals surface area contributed by atoms with Gasteiger partial charge in [-0.15, -0.1) is 0 Å². The van der Waals surface area contributed by atoms with Crippen LogP contribution in [0.25, 0.3) is 55.4 Å². The van der Waals surface area contributed by atoms with Crippen LogP contribution in [0.2, 0.25) is 5.28 Å². The third-order valence-corrected chi connectivity index (χ3v) is 6.02. The average Bonchev–Trinajstić information content (AvgIpc) is 2.88. The number of hydrogen-bond acceptors (Lipinski definition) is 3. The zero-order valence-corrected chi connectivity index (χ0v) is 18.4. The van der Waals surface area contributed by atoms with Crippen LogP contribution in [0.1, 0.15) is 0 Å². The Bertz CT molecular complexity index is 1610. The zero-order valence-electron chi connectivity index (χ0n) is 17.6. The lowest BCUT2D eigenvalue weighted by molar-refractivity contribution is 1.07. The molecule has 6 aromatic rings. The first-order valence-electron chi connectivity index (χ1n) is 10.7. The second kappa shape index (κ2) is 8.12. The molecule has 0 aliphatic carbocycles. The van der Waals surface area contributed by atoms with Gasteiger partial charge in [0, 0.05) is 11.1 Å². The molecule has 5 aromatic carbocycles. The fourth-order valence-corrected chi connectivity index (χ4v) is 4.44. The summed E-state index contributed by atoms with van der Waals surface area (Å²) >= 11 is 6.35. The number of fused-ring (bicyclic) bond motifs is 3. The van der Waals surface area contributed by atoms with Crippen LogP contribution < -0.4 is 0 Å². The van der Waals surface area contributed by atoms with Crippen LogP contribution in [0.5, 0.6) is 0 Å². The monoisotopic (exact) mass is 443 g/mol. The molecule has 0 radical (unpaired) electrons. The summed E-state index contributed by atoms with van der Waals surface area (Å²) in [7, 11) is 0. The molecule has 1 aromatic heterocycles. The molecule has 0 saturated carbocycles. The van der Waals surface area contributed by atoms with Crippen molar-refractivity contribution in [2.24, 2.45) is 0 Å². The average molecular weight is 444 g/mol. The number of benzene rings is 5. The summed E-state index contributed by atoms with van der Waals surface area (Å²) in [5.74, 6) is 1.13. The summed E-state index contributed by atoms with van der Waals surface area (Å²) in [4.78, 5) is 13.6. The molecule has 4 heteroatoms. The van der Waals surface area contributed by atoms with Gasteiger partial charge in [0.05, 0.1) is 0 Å². The van der Waals surface area contributed by atoms with Crippen molar-refractivity contribution in [3.8, 4) is 33.9 Å². The molecule has 1 heterocycles. The van der Waals surface area contributed by atoms with E-state index < -0.39 is 0 Å². The van der Waals surface area contributed by atoms with E-state index in [9.17, 15) is 0 Å². The van der Waals surface area contributed by atoms with Crippen LogP contribution >= 0.6 is 11.6 Å². The van der Waals surface area contributed by atoms with Crippen molar-refractivity contribution in [2.45, 2.75) is 0 Å². The quantitative estimate of drug-likeness (QED) is 0.261. The Kier molecular flexibility index (Phi) is 4.82. The number of nitrogens with zero attached hydrogens (tertiary/aromatic N) is 3. The smallest absolute Gasteiger partial charge is 0.208 e. The van der Waals surface area contributed by atoms with Crippen molar-refractivity contribution in [1.82, 2.24) is 15.0 Å². The highest BCUT2D eigenvalue weighted by Gasteiger charge is 2.14. The van der Waals surface area contributed by atoms with Gasteiger partial charge in [0.2, 0.25) is 5.28 Å². The largest absolute Gasteiger partial charge is 0.226 e. The lowest BCUT2D eigenvalue weighted by Crippen LogP contribution is -1.98. The molecule has 6 rings (SSSR count). The van der Waals surface area contributed by atoms with Gasteiger partial charge in [-0.2, -0.15) is 9.97 Å². The predicted octanol–water partition coefficient (Wildman–Crippen LogP) is 7.83. The molecule has 0 saturated heterocycles. The lowest BCUT2D eigenvalue weighted by atomic mass is 9.94. The predicted molar refractivity (Wildman–Crippen MR) is 136 cm³/mol. The number of hydrogen-bond donors (Lipinski definition) is 0. The van der Waals surface area contributed by atoms with Crippen LogP contribution in [0, 0.1) is 0 Å². The molecular weight excluding hydrogens is 426 g/mol. The van der Waals surface area contributed by atoms with Gasteiger partial charge in [-0.1, -0.05) is 97.1 Å². The van der Waals surface area contributed by atoms with Gasteiger partial charge in [-0.25, -0.2) is 4.98 Å². The molecular formula is C29H18ClN3. The molecule has 0 aliphatic heterocycles. The molecule has 0 spiro atoms. The summed E-state index contributed by atoms with van der Waals surface area (Å²) in [6.45, 7) is 0. The Morgan fingerprint density at radius 2 is 1.09 bits per heavy atom. The molecule has 0 atom stereocenters. The van der Waals surface area contributed by atoms with Crippen molar-refractivity contribution in [1.29, 1.82) is 0 Å². The first-order valence-corrected chi connectivity index (χ1v) is 11.1. The minimum absolute atomic E-state index is 0.183. The van der Waals surface area contributed by atoms with Gasteiger partial charge >= 0.3 is 0 Å². The molecule has 33 heavy (non-hydrogen) atoms. The highest BCUT2D eigenvalue weighted by Crippen LogP contribution is 2.36. The number of halogens is 1. The Morgan fingerprint density at radius 3 is 1.85 bits per heavy atom. The van der Waals surface area contributed by atoms with Crippen molar-refractivity contribution in [3.05, 3.63) is 114 Å². The molecule has 156 valence electrons. The van der Waals surface area contributed by atoms with Crippen molar-refractivity contribution in [3.63, 3.8) is 0 Å². The van der Waals surface area contributed by atoms with E-state index in [1.165, 1.54) is 16.5 Å². The summed E-state index contributed by atoms with van der Waals surface area (Å²) < 4.78 is 0. The summed E-state index contributed by atoms with van der Waals surface area (Å²) in [6.07, 6.45) is 0. The maximum Gasteiger partial charge on any atom is 0.226 e. The van der Waals surface area contributed by atoms with Crippen LogP contribution in [0.15, 0.2) is 109 Å². The Hall–Kier alpha value is -4.08. The van der Waals surface area contributed by atoms with Crippen molar-refractivity contribution in [2.75, 3.05) is 0 Å². The van der Waals surface area contributed by atoms with Crippen LogP contribution in [-0.2, 0) is 0 Å². The molecule has 0 bridgehead atoms. The van der Waals surface area contributed by atoms with Gasteiger partial charge in [0.1, 0.15) is 0 Å². The molecule has 0 unspecified atom stereocenters. The fraction of sp³-hybridized carbons (Fsp3) is 0. The molecule has 0 aliphatic rings. The minimum atomic E-state index is 0.183. The third kappa shape index (κ3) is 3.63. The van der Waals surface area contributed by atoms with Gasteiger partial charge < -0.3 is 0 Å². The molecule has 0 N–H and O–H groups in total. The second-order valence-corrected chi connectivity index (χ2v) is 8.23. The normalized spacial score (nSPS) is 11.2. The SMILES string of the molecule is Clc1nc(-c2ccccc2)nc(-c2cc3ccc(-c4ccccc4)cc3c3ccccc23)n1. The van der Waals surface area contributed by atoms with Gasteiger partial charge in [0.15, 0.2) is 11.6 Å². The Balaban J connectivity index is 1.59. The third-order valence-electron chi connectivity index (χ3n) is 5.85. The van der Waals surface area contributed by atoms with E-state index in [1.54, 1.807) is 0 Å². The highest BCUT2D eigenvalue weighted by atomic mass is 35.5. The number of aromatic nitrogens is 3. The maximum absolute atomic E-state index is 6.35. The van der Waals surface area contributed by atoms with E-state index in [0.717, 1.165) is 27.3 Å². The standard InChI is InChI=1S/C29H18ClN3/c30-29-32-27(20-11-5-2-6-12-20)31-28(33-29)26-18-22-16-15-21(19-9-3-1-4-10-19)17-25(22)23-13-7-8-14-24(23)26/h1-18H. The Labute approximate surface area is 196 Å².